The van der Waals surface area contributed by atoms with Gasteiger partial charge in [-0.2, -0.15) is 0 Å². The Kier molecular flexibility index (Phi) is 44.4. The Hall–Kier alpha value is -2.69. The van der Waals surface area contributed by atoms with E-state index in [1.807, 2.05) is 6.08 Å². The van der Waals surface area contributed by atoms with Gasteiger partial charge in [0, 0.05) is 6.42 Å². The van der Waals surface area contributed by atoms with Crippen LogP contribution in [0.5, 0.6) is 0 Å². The second-order valence-electron chi connectivity index (χ2n) is 15.4. The fraction of sp³-hybridized carbons (Fsp3) is 0.673. The third kappa shape index (κ3) is 42.5. The number of hydrogen-bond acceptors (Lipinski definition) is 3. The molecule has 4 nitrogen and oxygen atoms in total. The first-order chi connectivity index (χ1) is 27.7. The molecule has 0 aromatic carbocycles. The predicted octanol–water partition coefficient (Wildman–Crippen LogP) is 15.0. The van der Waals surface area contributed by atoms with Crippen LogP contribution in [0.25, 0.3) is 0 Å². The van der Waals surface area contributed by atoms with Crippen LogP contribution in [0.2, 0.25) is 0 Å². The second-order valence-corrected chi connectivity index (χ2v) is 15.4. The van der Waals surface area contributed by atoms with Gasteiger partial charge in [0.25, 0.3) is 0 Å². The Balaban J connectivity index is 3.69. The van der Waals surface area contributed by atoms with Crippen molar-refractivity contribution in [3.63, 3.8) is 0 Å². The van der Waals surface area contributed by atoms with Crippen LogP contribution in [-0.2, 0) is 4.79 Å². The molecule has 0 aliphatic heterocycles. The predicted molar refractivity (Wildman–Crippen MR) is 248 cm³/mol. The lowest BCUT2D eigenvalue weighted by Crippen LogP contribution is -2.45. The van der Waals surface area contributed by atoms with Crippen molar-refractivity contribution in [1.29, 1.82) is 0 Å². The lowest BCUT2D eigenvalue weighted by Gasteiger charge is -2.19. The molecule has 0 saturated heterocycles. The quantitative estimate of drug-likeness (QED) is 0.0428. The van der Waals surface area contributed by atoms with Gasteiger partial charge >= 0.3 is 0 Å². The van der Waals surface area contributed by atoms with Gasteiger partial charge in [0.1, 0.15) is 0 Å². The zero-order valence-electron chi connectivity index (χ0n) is 36.6. The molecule has 1 amide bonds. The molecule has 3 N–H and O–H groups in total. The van der Waals surface area contributed by atoms with Gasteiger partial charge in [-0.3, -0.25) is 4.79 Å². The highest BCUT2D eigenvalue weighted by molar-refractivity contribution is 5.76. The summed E-state index contributed by atoms with van der Waals surface area (Å²) in [5, 5.41) is 23.0. The number of allylic oxidation sites excluding steroid dienone is 15. The number of carbonyl (C=O) groups excluding carboxylic acids is 1. The Bertz CT molecular complexity index is 1060. The second kappa shape index (κ2) is 46.7. The van der Waals surface area contributed by atoms with E-state index in [1.165, 1.54) is 103 Å². The molecule has 0 heterocycles. The van der Waals surface area contributed by atoms with Gasteiger partial charge in [0.05, 0.1) is 18.8 Å². The first kappa shape index (κ1) is 53.3. The van der Waals surface area contributed by atoms with Gasteiger partial charge < -0.3 is 15.5 Å². The van der Waals surface area contributed by atoms with Crippen molar-refractivity contribution in [3.8, 4) is 0 Å². The minimum atomic E-state index is -0.875. The number of carbonyl (C=O) groups is 1. The molecule has 0 aliphatic rings. The molecule has 0 bridgehead atoms. The molecule has 0 aliphatic carbocycles. The summed E-state index contributed by atoms with van der Waals surface area (Å²) in [4.78, 5) is 12.4. The van der Waals surface area contributed by atoms with Crippen molar-refractivity contribution in [2.45, 2.75) is 219 Å². The summed E-state index contributed by atoms with van der Waals surface area (Å²) in [5.41, 5.74) is 0. The van der Waals surface area contributed by atoms with E-state index in [2.05, 4.69) is 104 Å². The summed E-state index contributed by atoms with van der Waals surface area (Å²) in [6.45, 7) is 4.17. The smallest absolute Gasteiger partial charge is 0.220 e. The third-order valence-corrected chi connectivity index (χ3v) is 10.1. The molecule has 0 rings (SSSR count). The van der Waals surface area contributed by atoms with E-state index >= 15 is 0 Å². The highest BCUT2D eigenvalue weighted by Gasteiger charge is 2.17. The van der Waals surface area contributed by atoms with E-state index in [0.717, 1.165) is 83.5 Å². The fourth-order valence-corrected chi connectivity index (χ4v) is 6.49. The van der Waals surface area contributed by atoms with Gasteiger partial charge in [-0.15, -0.1) is 0 Å². The maximum absolute atomic E-state index is 12.4. The maximum Gasteiger partial charge on any atom is 0.220 e. The van der Waals surface area contributed by atoms with E-state index in [0.29, 0.717) is 6.42 Å². The normalized spacial score (nSPS) is 13.9. The average molecular weight is 776 g/mol. The summed E-state index contributed by atoms with van der Waals surface area (Å²) < 4.78 is 0. The van der Waals surface area contributed by atoms with Crippen molar-refractivity contribution in [3.05, 3.63) is 97.2 Å². The van der Waals surface area contributed by atoms with Crippen LogP contribution >= 0.6 is 0 Å². The minimum Gasteiger partial charge on any atom is -0.394 e. The topological polar surface area (TPSA) is 69.6 Å². The van der Waals surface area contributed by atoms with Crippen LogP contribution in [0.3, 0.4) is 0 Å². The Labute approximate surface area is 347 Å². The lowest BCUT2D eigenvalue weighted by atomic mass is 10.0. The van der Waals surface area contributed by atoms with Crippen LogP contribution in [0.15, 0.2) is 97.2 Å². The molecule has 0 saturated carbocycles. The Morgan fingerprint density at radius 2 is 0.804 bits per heavy atom. The number of amides is 1. The van der Waals surface area contributed by atoms with Crippen molar-refractivity contribution in [2.24, 2.45) is 0 Å². The van der Waals surface area contributed by atoms with E-state index in [1.54, 1.807) is 6.08 Å². The third-order valence-electron chi connectivity index (χ3n) is 10.1. The standard InChI is InChI=1S/C52H89NO3/c1-3-5-7-9-11-13-15-17-19-21-23-24-25-26-27-28-30-32-34-36-38-40-42-44-46-48-52(56)53-50(49-54)51(55)47-45-43-41-39-37-35-33-31-29-22-20-18-16-14-12-10-8-6-4-2/h5,7,11,13,17,19,23-24,26-27,30,32,37,39,45,47,50-51,54-55H,3-4,6,8-10,12,14-16,18,20-22,25,28-29,31,33-36,38,40-44,46,48-49H2,1-2H3,(H,53,56)/b7-5-,13-11-,19-17-,24-23-,27-26-,32-30-,39-37+,47-45+. The molecule has 0 fully saturated rings. The zero-order valence-corrected chi connectivity index (χ0v) is 36.6. The van der Waals surface area contributed by atoms with E-state index in [9.17, 15) is 15.0 Å². The van der Waals surface area contributed by atoms with Gasteiger partial charge in [0.2, 0.25) is 5.91 Å². The molecular formula is C52H89NO3. The molecule has 320 valence electrons. The molecular weight excluding hydrogens is 687 g/mol. The number of aliphatic hydroxyl groups excluding tert-OH is 2. The van der Waals surface area contributed by atoms with Crippen LogP contribution in [0.4, 0.5) is 0 Å². The van der Waals surface area contributed by atoms with Crippen LogP contribution in [-0.4, -0.2) is 34.9 Å². The molecule has 0 radical (unpaired) electrons. The number of unbranched alkanes of at least 4 members (excludes halogenated alkanes) is 20. The molecule has 56 heavy (non-hydrogen) atoms. The zero-order chi connectivity index (χ0) is 40.7. The summed E-state index contributed by atoms with van der Waals surface area (Å²) in [5.74, 6) is -0.0924. The molecule has 4 heteroatoms. The van der Waals surface area contributed by atoms with E-state index in [4.69, 9.17) is 0 Å². The molecule has 2 unspecified atom stereocenters. The van der Waals surface area contributed by atoms with Gasteiger partial charge in [-0.1, -0.05) is 214 Å². The van der Waals surface area contributed by atoms with Crippen molar-refractivity contribution in [2.75, 3.05) is 6.61 Å². The molecule has 0 spiro atoms. The Morgan fingerprint density at radius 3 is 1.25 bits per heavy atom. The first-order valence-corrected chi connectivity index (χ1v) is 23.5. The molecule has 2 atom stereocenters. The first-order valence-electron chi connectivity index (χ1n) is 23.5. The highest BCUT2D eigenvalue weighted by Crippen LogP contribution is 2.14. The Morgan fingerprint density at radius 1 is 0.446 bits per heavy atom. The van der Waals surface area contributed by atoms with Crippen molar-refractivity contribution in [1.82, 2.24) is 5.32 Å². The van der Waals surface area contributed by atoms with Gasteiger partial charge in [0.15, 0.2) is 0 Å². The number of hydrogen-bond donors (Lipinski definition) is 3. The van der Waals surface area contributed by atoms with Crippen molar-refractivity contribution < 1.29 is 15.0 Å². The SMILES string of the molecule is CC/C=C\C/C=C\C/C=C\C/C=C\C/C=C\C/C=C\CCCCCCCCC(=O)NC(CO)C(O)/C=C/CC/C=C/CCCCCCCCCCCCCCC. The summed E-state index contributed by atoms with van der Waals surface area (Å²) in [7, 11) is 0. The van der Waals surface area contributed by atoms with Crippen molar-refractivity contribution >= 4 is 5.91 Å². The molecule has 0 aromatic heterocycles. The lowest BCUT2D eigenvalue weighted by molar-refractivity contribution is -0.123. The van der Waals surface area contributed by atoms with Crippen LogP contribution in [0, 0.1) is 0 Å². The monoisotopic (exact) mass is 776 g/mol. The average Bonchev–Trinajstić information content (AvgIpc) is 3.20. The number of rotatable bonds is 41. The van der Waals surface area contributed by atoms with E-state index in [-0.39, 0.29) is 12.5 Å². The summed E-state index contributed by atoms with van der Waals surface area (Å²) in [6.07, 6.45) is 69.5. The van der Waals surface area contributed by atoms with Crippen LogP contribution in [0.1, 0.15) is 206 Å². The largest absolute Gasteiger partial charge is 0.394 e. The maximum atomic E-state index is 12.4. The number of aliphatic hydroxyl groups is 2. The summed E-state index contributed by atoms with van der Waals surface area (Å²) >= 11 is 0. The summed E-state index contributed by atoms with van der Waals surface area (Å²) in [6, 6.07) is -0.654. The fourth-order valence-electron chi connectivity index (χ4n) is 6.49. The number of nitrogens with one attached hydrogen (secondary N) is 1. The van der Waals surface area contributed by atoms with Crippen LogP contribution < -0.4 is 5.32 Å². The minimum absolute atomic E-state index is 0.0924. The van der Waals surface area contributed by atoms with Gasteiger partial charge in [-0.05, 0) is 83.5 Å². The molecule has 0 aromatic rings. The highest BCUT2D eigenvalue weighted by atomic mass is 16.3. The van der Waals surface area contributed by atoms with E-state index < -0.39 is 12.1 Å². The van der Waals surface area contributed by atoms with Gasteiger partial charge in [-0.25, -0.2) is 0 Å².